The van der Waals surface area contributed by atoms with Crippen LogP contribution < -0.4 is 9.91 Å². The van der Waals surface area contributed by atoms with Crippen LogP contribution >= 0.6 is 0 Å². The van der Waals surface area contributed by atoms with Crippen molar-refractivity contribution in [3.8, 4) is 0 Å². The third-order valence-corrected chi connectivity index (χ3v) is 6.25. The minimum atomic E-state index is -3.43. The van der Waals surface area contributed by atoms with Crippen LogP contribution in [0.1, 0.15) is 20.8 Å². The van der Waals surface area contributed by atoms with Gasteiger partial charge < -0.3 is 0 Å². The maximum Gasteiger partial charge on any atom is 0.241 e. The van der Waals surface area contributed by atoms with Gasteiger partial charge in [-0.1, -0.05) is 37.0 Å². The minimum Gasteiger partial charge on any atom is -0.207 e. The van der Waals surface area contributed by atoms with Crippen LogP contribution in [-0.4, -0.2) is 22.0 Å². The highest BCUT2D eigenvalue weighted by Gasteiger charge is 2.24. The number of hydrogen-bond acceptors (Lipinski definition) is 2. The van der Waals surface area contributed by atoms with E-state index in [2.05, 4.69) is 24.4 Å². The molecule has 0 aliphatic carbocycles. The van der Waals surface area contributed by atoms with Gasteiger partial charge in [-0.25, -0.2) is 13.1 Å². The van der Waals surface area contributed by atoms with Gasteiger partial charge in [0, 0.05) is 5.54 Å². The molecular formula is C13H23NO2SSi. The zero-order valence-electron chi connectivity index (χ0n) is 12.0. The Labute approximate surface area is 112 Å². The normalized spacial score (nSPS) is 13.7. The summed E-state index contributed by atoms with van der Waals surface area (Å²) in [5.74, 6) is 0. The number of benzene rings is 1. The third-order valence-electron chi connectivity index (χ3n) is 2.45. The van der Waals surface area contributed by atoms with Gasteiger partial charge in [0.25, 0.3) is 0 Å². The molecule has 1 aromatic rings. The first kappa shape index (κ1) is 15.4. The van der Waals surface area contributed by atoms with E-state index in [1.54, 1.807) is 12.1 Å². The summed E-state index contributed by atoms with van der Waals surface area (Å²) in [5.41, 5.74) is -0.464. The van der Waals surface area contributed by atoms with Crippen molar-refractivity contribution in [3.63, 3.8) is 0 Å². The van der Waals surface area contributed by atoms with Gasteiger partial charge in [0.2, 0.25) is 10.0 Å². The topological polar surface area (TPSA) is 46.2 Å². The highest BCUT2D eigenvalue weighted by Crippen LogP contribution is 2.13. The molecule has 0 radical (unpaired) electrons. The Morgan fingerprint density at radius 3 is 2.11 bits per heavy atom. The molecule has 0 fully saturated rings. The molecule has 3 nitrogen and oxygen atoms in total. The van der Waals surface area contributed by atoms with Crippen LogP contribution in [0.15, 0.2) is 29.2 Å². The molecule has 0 saturated heterocycles. The lowest BCUT2D eigenvalue weighted by molar-refractivity contribution is 0.491. The third kappa shape index (κ3) is 4.22. The molecule has 0 bridgehead atoms. The summed E-state index contributed by atoms with van der Waals surface area (Å²) in [6.07, 6.45) is 0. The van der Waals surface area contributed by atoms with Crippen LogP contribution in [0.25, 0.3) is 0 Å². The highest BCUT2D eigenvalue weighted by molar-refractivity contribution is 7.89. The Morgan fingerprint density at radius 1 is 1.11 bits per heavy atom. The summed E-state index contributed by atoms with van der Waals surface area (Å²) < 4.78 is 27.1. The average molecular weight is 285 g/mol. The molecule has 0 unspecified atom stereocenters. The van der Waals surface area contributed by atoms with Crippen molar-refractivity contribution in [1.29, 1.82) is 0 Å². The van der Waals surface area contributed by atoms with E-state index in [1.807, 2.05) is 32.9 Å². The van der Waals surface area contributed by atoms with Crippen LogP contribution in [-0.2, 0) is 10.0 Å². The van der Waals surface area contributed by atoms with Gasteiger partial charge in [-0.3, -0.25) is 0 Å². The van der Waals surface area contributed by atoms with Gasteiger partial charge in [0.1, 0.15) is 0 Å². The summed E-state index contributed by atoms with van der Waals surface area (Å²) >= 11 is 0. The Bertz CT molecular complexity index is 525. The van der Waals surface area contributed by atoms with E-state index in [1.165, 1.54) is 0 Å². The molecule has 0 heterocycles. The molecule has 18 heavy (non-hydrogen) atoms. The predicted molar refractivity (Wildman–Crippen MR) is 79.5 cm³/mol. The first-order valence-electron chi connectivity index (χ1n) is 6.06. The molecule has 0 saturated carbocycles. The fraction of sp³-hybridized carbons (Fsp3) is 0.538. The van der Waals surface area contributed by atoms with Crippen LogP contribution in [0.2, 0.25) is 19.6 Å². The summed E-state index contributed by atoms with van der Waals surface area (Å²) in [5, 5.41) is 1.15. The highest BCUT2D eigenvalue weighted by atomic mass is 32.2. The second-order valence-corrected chi connectivity index (χ2v) is 13.4. The van der Waals surface area contributed by atoms with Gasteiger partial charge in [-0.05, 0) is 32.9 Å². The minimum absolute atomic E-state index is 0.359. The van der Waals surface area contributed by atoms with Crippen LogP contribution in [0.5, 0.6) is 0 Å². The molecule has 0 aliphatic rings. The number of nitrogens with one attached hydrogen (secondary N) is 1. The summed E-state index contributed by atoms with van der Waals surface area (Å²) in [4.78, 5) is 0.359. The Morgan fingerprint density at radius 2 is 1.67 bits per heavy atom. The molecule has 1 N–H and O–H groups in total. The maximum atomic E-state index is 12.2. The fourth-order valence-electron chi connectivity index (χ4n) is 1.59. The zero-order chi connectivity index (χ0) is 14.2. The van der Waals surface area contributed by atoms with E-state index in [0.717, 1.165) is 5.19 Å². The average Bonchev–Trinajstić information content (AvgIpc) is 2.13. The zero-order valence-corrected chi connectivity index (χ0v) is 13.9. The number of sulfonamides is 1. The SMILES string of the molecule is CC(C)(C)NS(=O)(=O)c1cccc([Si](C)(C)C)c1. The van der Waals surface area contributed by atoms with Gasteiger partial charge in [0.05, 0.1) is 13.0 Å². The molecule has 0 aliphatic heterocycles. The van der Waals surface area contributed by atoms with Crippen LogP contribution in [0, 0.1) is 0 Å². The van der Waals surface area contributed by atoms with Crippen molar-refractivity contribution < 1.29 is 8.42 Å². The van der Waals surface area contributed by atoms with E-state index >= 15 is 0 Å². The number of rotatable bonds is 3. The first-order valence-corrected chi connectivity index (χ1v) is 11.0. The second kappa shape index (κ2) is 4.79. The molecule has 0 aromatic heterocycles. The largest absolute Gasteiger partial charge is 0.241 e. The van der Waals surface area contributed by atoms with Gasteiger partial charge in [0.15, 0.2) is 0 Å². The van der Waals surface area contributed by atoms with Gasteiger partial charge >= 0.3 is 0 Å². The number of hydrogen-bond donors (Lipinski definition) is 1. The first-order chi connectivity index (χ1) is 7.92. The van der Waals surface area contributed by atoms with Crippen LogP contribution in [0.4, 0.5) is 0 Å². The van der Waals surface area contributed by atoms with E-state index < -0.39 is 23.6 Å². The van der Waals surface area contributed by atoms with E-state index in [9.17, 15) is 8.42 Å². The smallest absolute Gasteiger partial charge is 0.207 e. The Kier molecular flexibility index (Phi) is 4.10. The van der Waals surface area contributed by atoms with E-state index in [0.29, 0.717) is 4.90 Å². The van der Waals surface area contributed by atoms with Crippen molar-refractivity contribution in [2.24, 2.45) is 0 Å². The molecule has 1 aromatic carbocycles. The molecule has 102 valence electrons. The summed E-state index contributed by atoms with van der Waals surface area (Å²) in [7, 11) is -4.92. The van der Waals surface area contributed by atoms with Crippen molar-refractivity contribution in [3.05, 3.63) is 24.3 Å². The molecule has 5 heteroatoms. The Balaban J connectivity index is 3.19. The van der Waals surface area contributed by atoms with E-state index in [4.69, 9.17) is 0 Å². The second-order valence-electron chi connectivity index (χ2n) is 6.63. The predicted octanol–water partition coefficient (Wildman–Crippen LogP) is 2.31. The van der Waals surface area contributed by atoms with Crippen molar-refractivity contribution in [2.75, 3.05) is 0 Å². The lowest BCUT2D eigenvalue weighted by atomic mass is 10.1. The summed E-state index contributed by atoms with van der Waals surface area (Å²) in [6, 6.07) is 7.30. The monoisotopic (exact) mass is 285 g/mol. The van der Waals surface area contributed by atoms with Crippen molar-refractivity contribution >= 4 is 23.3 Å². The summed E-state index contributed by atoms with van der Waals surface area (Å²) in [6.45, 7) is 12.1. The van der Waals surface area contributed by atoms with Crippen LogP contribution in [0.3, 0.4) is 0 Å². The lowest BCUT2D eigenvalue weighted by Gasteiger charge is -2.22. The van der Waals surface area contributed by atoms with Gasteiger partial charge in [-0.15, -0.1) is 0 Å². The van der Waals surface area contributed by atoms with Crippen molar-refractivity contribution in [1.82, 2.24) is 4.72 Å². The van der Waals surface area contributed by atoms with E-state index in [-0.39, 0.29) is 0 Å². The Hall–Kier alpha value is -0.653. The quantitative estimate of drug-likeness (QED) is 0.866. The lowest BCUT2D eigenvalue weighted by Crippen LogP contribution is -2.42. The van der Waals surface area contributed by atoms with Crippen molar-refractivity contribution in [2.45, 2.75) is 50.8 Å². The van der Waals surface area contributed by atoms with Gasteiger partial charge in [-0.2, -0.15) is 0 Å². The molecule has 0 spiro atoms. The molecule has 1 rings (SSSR count). The molecule has 0 atom stereocenters. The molecule has 0 amide bonds. The fourth-order valence-corrected chi connectivity index (χ4v) is 4.35. The maximum absolute atomic E-state index is 12.2. The standard InChI is InChI=1S/C13H23NO2SSi/c1-13(2,3)14-17(15,16)11-8-7-9-12(10-11)18(4,5)6/h7-10,14H,1-6H3. The molecular weight excluding hydrogens is 262 g/mol.